The van der Waals surface area contributed by atoms with Crippen LogP contribution in [-0.2, 0) is 27.2 Å². The molecule has 2 aromatic carbocycles. The average molecular weight is 540 g/mol. The van der Waals surface area contributed by atoms with Gasteiger partial charge in [0.1, 0.15) is 11.1 Å². The van der Waals surface area contributed by atoms with Crippen LogP contribution in [0.3, 0.4) is 0 Å². The van der Waals surface area contributed by atoms with Gasteiger partial charge in [0.15, 0.2) is 5.82 Å². The minimum absolute atomic E-state index is 0.129. The summed E-state index contributed by atoms with van der Waals surface area (Å²) >= 11 is 0. The third kappa shape index (κ3) is 5.40. The number of ether oxygens (including phenoxy) is 2. The largest absolute Gasteiger partial charge is 0.466 e. The Morgan fingerprint density at radius 1 is 0.950 bits per heavy atom. The third-order valence-electron chi connectivity index (χ3n) is 6.48. The zero-order valence-electron chi connectivity index (χ0n) is 23.4. The van der Waals surface area contributed by atoms with Gasteiger partial charge in [0.05, 0.1) is 25.1 Å². The summed E-state index contributed by atoms with van der Waals surface area (Å²) in [6.45, 7) is 9.81. The molecule has 5 aromatic rings. The molecule has 0 unspecified atom stereocenters. The normalized spacial score (nSPS) is 11.6. The molecule has 206 valence electrons. The highest BCUT2D eigenvalue weighted by molar-refractivity contribution is 5.93. The van der Waals surface area contributed by atoms with Crippen LogP contribution in [0.5, 0.6) is 0 Å². The summed E-state index contributed by atoms with van der Waals surface area (Å²) in [6, 6.07) is 21.3. The lowest BCUT2D eigenvalue weighted by atomic mass is 10.1. The molecular formula is C31H33N5O4. The summed E-state index contributed by atoms with van der Waals surface area (Å²) < 4.78 is 14.7. The average Bonchev–Trinajstić information content (AvgIpc) is 3.49. The third-order valence-corrected chi connectivity index (χ3v) is 6.48. The van der Waals surface area contributed by atoms with Crippen molar-refractivity contribution < 1.29 is 19.1 Å². The Morgan fingerprint density at radius 2 is 1.65 bits per heavy atom. The summed E-state index contributed by atoms with van der Waals surface area (Å²) in [5.74, 6) is 0.483. The number of rotatable bonds is 7. The number of esters is 1. The SMILES string of the molecule is CCOC(=O)Cc1c(C)n(-c2nc(N(Cc3ccccc3)C(=O)OC(C)(C)C)c3cccn3n2)c2ccccc12. The van der Waals surface area contributed by atoms with Gasteiger partial charge in [-0.1, -0.05) is 48.5 Å². The van der Waals surface area contributed by atoms with Crippen molar-refractivity contribution in [3.63, 3.8) is 0 Å². The highest BCUT2D eigenvalue weighted by Crippen LogP contribution is 2.31. The second-order valence-electron chi connectivity index (χ2n) is 10.5. The molecule has 40 heavy (non-hydrogen) atoms. The quantitative estimate of drug-likeness (QED) is 0.235. The van der Waals surface area contributed by atoms with E-state index in [9.17, 15) is 9.59 Å². The minimum Gasteiger partial charge on any atom is -0.466 e. The smallest absolute Gasteiger partial charge is 0.416 e. The molecule has 3 aromatic heterocycles. The maximum absolute atomic E-state index is 13.6. The number of fused-ring (bicyclic) bond motifs is 2. The molecule has 0 saturated heterocycles. The summed E-state index contributed by atoms with van der Waals surface area (Å²) in [7, 11) is 0. The fourth-order valence-electron chi connectivity index (χ4n) is 4.78. The Kier molecular flexibility index (Phi) is 7.30. The summed E-state index contributed by atoms with van der Waals surface area (Å²) in [5, 5.41) is 5.72. The maximum atomic E-state index is 13.6. The van der Waals surface area contributed by atoms with Gasteiger partial charge >= 0.3 is 12.1 Å². The number of carbonyl (C=O) groups is 2. The number of amides is 1. The van der Waals surface area contributed by atoms with Gasteiger partial charge in [-0.05, 0) is 63.9 Å². The van der Waals surface area contributed by atoms with E-state index >= 15 is 0 Å². The van der Waals surface area contributed by atoms with Gasteiger partial charge in [-0.25, -0.2) is 9.31 Å². The van der Waals surface area contributed by atoms with Crippen molar-refractivity contribution >= 4 is 34.3 Å². The molecule has 9 nitrogen and oxygen atoms in total. The lowest BCUT2D eigenvalue weighted by Gasteiger charge is -2.27. The molecule has 3 heterocycles. The van der Waals surface area contributed by atoms with Gasteiger partial charge in [-0.2, -0.15) is 4.98 Å². The van der Waals surface area contributed by atoms with Gasteiger partial charge in [-0.3, -0.25) is 14.3 Å². The molecule has 0 N–H and O–H groups in total. The second-order valence-corrected chi connectivity index (χ2v) is 10.5. The molecule has 9 heteroatoms. The first-order chi connectivity index (χ1) is 19.2. The number of benzene rings is 2. The van der Waals surface area contributed by atoms with Crippen LogP contribution in [0.4, 0.5) is 10.6 Å². The van der Waals surface area contributed by atoms with Crippen LogP contribution < -0.4 is 4.90 Å². The highest BCUT2D eigenvalue weighted by atomic mass is 16.6. The van der Waals surface area contributed by atoms with Crippen LogP contribution in [0.2, 0.25) is 0 Å². The second kappa shape index (κ2) is 10.8. The number of hydrogen-bond acceptors (Lipinski definition) is 6. The number of aromatic nitrogens is 4. The van der Waals surface area contributed by atoms with Crippen molar-refractivity contribution in [1.29, 1.82) is 0 Å². The first-order valence-corrected chi connectivity index (χ1v) is 13.3. The first kappa shape index (κ1) is 26.9. The standard InChI is InChI=1S/C31H33N5O4/c1-6-39-27(37)19-24-21(2)36(25-16-11-10-15-23(24)25)29-32-28(26-17-12-18-35(26)33-29)34(30(38)40-31(3,4)5)20-22-13-8-7-9-14-22/h7-18H,6,19-20H2,1-5H3. The summed E-state index contributed by atoms with van der Waals surface area (Å²) in [4.78, 5) is 32.6. The zero-order valence-corrected chi connectivity index (χ0v) is 23.4. The predicted octanol–water partition coefficient (Wildman–Crippen LogP) is 6.03. The fourth-order valence-corrected chi connectivity index (χ4v) is 4.78. The van der Waals surface area contributed by atoms with Crippen LogP contribution in [-0.4, -0.2) is 43.4 Å². The molecule has 0 radical (unpaired) electrons. The van der Waals surface area contributed by atoms with Gasteiger partial charge < -0.3 is 9.47 Å². The zero-order chi connectivity index (χ0) is 28.4. The Labute approximate surface area is 232 Å². The molecule has 0 atom stereocenters. The first-order valence-electron chi connectivity index (χ1n) is 13.3. The van der Waals surface area contributed by atoms with Gasteiger partial charge in [0.25, 0.3) is 5.95 Å². The van der Waals surface area contributed by atoms with E-state index in [1.165, 1.54) is 0 Å². The van der Waals surface area contributed by atoms with Crippen LogP contribution in [0.1, 0.15) is 44.5 Å². The van der Waals surface area contributed by atoms with Gasteiger partial charge in [0, 0.05) is 17.3 Å². The molecule has 0 aliphatic rings. The number of para-hydroxylation sites is 1. The number of hydrogen-bond donors (Lipinski definition) is 0. The Morgan fingerprint density at radius 3 is 2.38 bits per heavy atom. The van der Waals surface area contributed by atoms with E-state index in [0.29, 0.717) is 23.9 Å². The predicted molar refractivity (Wildman–Crippen MR) is 154 cm³/mol. The molecule has 5 rings (SSSR count). The van der Waals surface area contributed by atoms with Crippen molar-refractivity contribution in [3.05, 3.63) is 89.7 Å². The van der Waals surface area contributed by atoms with Crippen molar-refractivity contribution in [1.82, 2.24) is 19.2 Å². The summed E-state index contributed by atoms with van der Waals surface area (Å²) in [6.07, 6.45) is 1.44. The molecule has 0 aliphatic heterocycles. The lowest BCUT2D eigenvalue weighted by molar-refractivity contribution is -0.142. The number of nitrogens with zero attached hydrogens (tertiary/aromatic N) is 5. The van der Waals surface area contributed by atoms with Crippen molar-refractivity contribution in [2.24, 2.45) is 0 Å². The molecule has 0 saturated carbocycles. The lowest BCUT2D eigenvalue weighted by Crippen LogP contribution is -2.37. The maximum Gasteiger partial charge on any atom is 0.416 e. The van der Waals surface area contributed by atoms with E-state index < -0.39 is 11.7 Å². The highest BCUT2D eigenvalue weighted by Gasteiger charge is 2.28. The number of carbonyl (C=O) groups excluding carboxylic acids is 2. The molecule has 1 amide bonds. The van der Waals surface area contributed by atoms with Gasteiger partial charge in [0.2, 0.25) is 0 Å². The Bertz CT molecular complexity index is 1680. The topological polar surface area (TPSA) is 91.0 Å². The fraction of sp³-hybridized carbons (Fsp3) is 0.290. The van der Waals surface area contributed by atoms with E-state index in [-0.39, 0.29) is 18.9 Å². The monoisotopic (exact) mass is 539 g/mol. The van der Waals surface area contributed by atoms with E-state index in [2.05, 4.69) is 0 Å². The molecule has 0 aliphatic carbocycles. The number of anilines is 1. The van der Waals surface area contributed by atoms with Crippen molar-refractivity contribution in [3.8, 4) is 5.95 Å². The van der Waals surface area contributed by atoms with Crippen LogP contribution in [0.15, 0.2) is 72.9 Å². The van der Waals surface area contributed by atoms with Crippen LogP contribution >= 0.6 is 0 Å². The van der Waals surface area contributed by atoms with Crippen LogP contribution in [0.25, 0.3) is 22.4 Å². The molecular weight excluding hydrogens is 506 g/mol. The van der Waals surface area contributed by atoms with Crippen molar-refractivity contribution in [2.75, 3.05) is 11.5 Å². The summed E-state index contributed by atoms with van der Waals surface area (Å²) in [5.41, 5.74) is 3.40. The van der Waals surface area contributed by atoms with E-state index in [0.717, 1.165) is 27.7 Å². The van der Waals surface area contributed by atoms with E-state index in [1.54, 1.807) is 16.3 Å². The van der Waals surface area contributed by atoms with Crippen LogP contribution in [0, 0.1) is 6.92 Å². The molecule has 0 bridgehead atoms. The Hall–Kier alpha value is -4.66. The van der Waals surface area contributed by atoms with Crippen molar-refractivity contribution in [2.45, 2.75) is 53.2 Å². The van der Waals surface area contributed by atoms with Gasteiger partial charge in [-0.15, -0.1) is 5.10 Å². The molecule has 0 fully saturated rings. The van der Waals surface area contributed by atoms with E-state index in [4.69, 9.17) is 19.6 Å². The Balaban J connectivity index is 1.70. The van der Waals surface area contributed by atoms with E-state index in [1.807, 2.05) is 105 Å². The molecule has 0 spiro atoms. The minimum atomic E-state index is -0.699.